The molecule has 0 aliphatic carbocycles. The number of nitrogen functional groups attached to an aromatic ring is 1. The number of carboxylic acids is 1. The van der Waals surface area contributed by atoms with Crippen LogP contribution in [0.25, 0.3) is 11.5 Å². The summed E-state index contributed by atoms with van der Waals surface area (Å²) in [5, 5.41) is 8.56. The predicted octanol–water partition coefficient (Wildman–Crippen LogP) is 1.94. The third kappa shape index (κ3) is 2.84. The van der Waals surface area contributed by atoms with E-state index in [-0.39, 0.29) is 6.42 Å². The molecule has 88 valence electrons. The van der Waals surface area contributed by atoms with Crippen molar-refractivity contribution in [3.8, 4) is 11.5 Å². The second kappa shape index (κ2) is 4.69. The van der Waals surface area contributed by atoms with Crippen molar-refractivity contribution in [3.63, 3.8) is 0 Å². The summed E-state index contributed by atoms with van der Waals surface area (Å²) in [6, 6.07) is 7.14. The minimum absolute atomic E-state index is 0.0493. The van der Waals surface area contributed by atoms with Crippen molar-refractivity contribution < 1.29 is 14.3 Å². The molecule has 2 aromatic rings. The average Bonchev–Trinajstić information content (AvgIpc) is 2.76. The zero-order valence-corrected chi connectivity index (χ0v) is 9.09. The third-order valence-corrected chi connectivity index (χ3v) is 2.30. The molecule has 17 heavy (non-hydrogen) atoms. The topological polar surface area (TPSA) is 89.3 Å². The van der Waals surface area contributed by atoms with E-state index in [0.717, 1.165) is 5.56 Å². The fourth-order valence-electron chi connectivity index (χ4n) is 1.42. The van der Waals surface area contributed by atoms with Crippen molar-refractivity contribution in [1.29, 1.82) is 0 Å². The Kier molecular flexibility index (Phi) is 3.09. The van der Waals surface area contributed by atoms with Gasteiger partial charge in [-0.1, -0.05) is 0 Å². The van der Waals surface area contributed by atoms with Crippen molar-refractivity contribution in [1.82, 2.24) is 4.98 Å². The smallest absolute Gasteiger partial charge is 0.303 e. The van der Waals surface area contributed by atoms with Crippen LogP contribution >= 0.6 is 0 Å². The van der Waals surface area contributed by atoms with Gasteiger partial charge in [-0.05, 0) is 24.3 Å². The number of carbonyl (C=O) groups is 1. The molecule has 0 atom stereocenters. The maximum absolute atomic E-state index is 10.4. The highest BCUT2D eigenvalue weighted by atomic mass is 16.4. The molecule has 1 aromatic heterocycles. The second-order valence-corrected chi connectivity index (χ2v) is 3.66. The quantitative estimate of drug-likeness (QED) is 0.786. The third-order valence-electron chi connectivity index (χ3n) is 2.30. The number of aromatic nitrogens is 1. The number of hydrogen-bond acceptors (Lipinski definition) is 4. The first-order valence-corrected chi connectivity index (χ1v) is 5.17. The molecular formula is C12H12N2O3. The summed E-state index contributed by atoms with van der Waals surface area (Å²) < 4.78 is 5.28. The fraction of sp³-hybridized carbons (Fsp3) is 0.167. The molecule has 0 unspecified atom stereocenters. The number of oxazole rings is 1. The van der Waals surface area contributed by atoms with Crippen LogP contribution in [0.1, 0.15) is 12.1 Å². The number of nitrogens with zero attached hydrogens (tertiary/aromatic N) is 1. The van der Waals surface area contributed by atoms with Gasteiger partial charge in [0.25, 0.3) is 0 Å². The number of carboxylic acid groups (broad SMARTS) is 1. The zero-order chi connectivity index (χ0) is 12.3. The lowest BCUT2D eigenvalue weighted by atomic mass is 10.2. The lowest BCUT2D eigenvalue weighted by molar-refractivity contribution is -0.136. The van der Waals surface area contributed by atoms with E-state index in [4.69, 9.17) is 15.3 Å². The van der Waals surface area contributed by atoms with E-state index in [1.165, 1.54) is 6.26 Å². The highest BCUT2D eigenvalue weighted by Crippen LogP contribution is 2.20. The van der Waals surface area contributed by atoms with E-state index in [2.05, 4.69) is 4.98 Å². The highest BCUT2D eigenvalue weighted by Gasteiger charge is 2.07. The van der Waals surface area contributed by atoms with Gasteiger partial charge in [0.1, 0.15) is 6.26 Å². The largest absolute Gasteiger partial charge is 0.481 e. The molecule has 0 aliphatic rings. The number of hydrogen-bond donors (Lipinski definition) is 2. The molecule has 0 saturated carbocycles. The molecule has 5 nitrogen and oxygen atoms in total. The van der Waals surface area contributed by atoms with Gasteiger partial charge in [-0.3, -0.25) is 4.79 Å². The van der Waals surface area contributed by atoms with E-state index in [0.29, 0.717) is 23.7 Å². The van der Waals surface area contributed by atoms with Gasteiger partial charge >= 0.3 is 5.97 Å². The molecule has 3 N–H and O–H groups in total. The van der Waals surface area contributed by atoms with Crippen molar-refractivity contribution in [3.05, 3.63) is 36.2 Å². The number of anilines is 1. The molecule has 5 heteroatoms. The molecule has 1 aromatic carbocycles. The summed E-state index contributed by atoms with van der Waals surface area (Å²) in [6.45, 7) is 0. The van der Waals surface area contributed by atoms with Crippen molar-refractivity contribution in [2.75, 3.05) is 5.73 Å². The molecule has 1 heterocycles. The standard InChI is InChI=1S/C12H12N2O3/c13-9-3-1-8(2-4-9)12-14-10(7-17-12)5-6-11(15)16/h1-4,7H,5-6,13H2,(H,15,16). The summed E-state index contributed by atoms with van der Waals surface area (Å²) in [5.74, 6) is -0.368. The van der Waals surface area contributed by atoms with E-state index in [1.807, 2.05) is 12.1 Å². The predicted molar refractivity (Wildman–Crippen MR) is 62.3 cm³/mol. The summed E-state index contributed by atoms with van der Waals surface area (Å²) in [5.41, 5.74) is 7.71. The number of aryl methyl sites for hydroxylation is 1. The Bertz CT molecular complexity index is 517. The van der Waals surface area contributed by atoms with Gasteiger partial charge in [0.2, 0.25) is 5.89 Å². The minimum Gasteiger partial charge on any atom is -0.481 e. The lowest BCUT2D eigenvalue weighted by Gasteiger charge is -1.95. The Morgan fingerprint density at radius 3 is 2.71 bits per heavy atom. The molecule has 0 aliphatic heterocycles. The van der Waals surface area contributed by atoms with E-state index >= 15 is 0 Å². The molecule has 0 spiro atoms. The van der Waals surface area contributed by atoms with Crippen LogP contribution in [0.2, 0.25) is 0 Å². The Balaban J connectivity index is 2.12. The maximum Gasteiger partial charge on any atom is 0.303 e. The minimum atomic E-state index is -0.845. The van der Waals surface area contributed by atoms with Crippen LogP contribution in [0.5, 0.6) is 0 Å². The van der Waals surface area contributed by atoms with Crippen LogP contribution in [-0.2, 0) is 11.2 Å². The van der Waals surface area contributed by atoms with Gasteiger partial charge in [-0.2, -0.15) is 0 Å². The van der Waals surface area contributed by atoms with Crippen molar-refractivity contribution >= 4 is 11.7 Å². The first-order valence-electron chi connectivity index (χ1n) is 5.17. The average molecular weight is 232 g/mol. The monoisotopic (exact) mass is 232 g/mol. The van der Waals surface area contributed by atoms with Crippen molar-refractivity contribution in [2.24, 2.45) is 0 Å². The molecule has 0 fully saturated rings. The SMILES string of the molecule is Nc1ccc(-c2nc(CCC(=O)O)co2)cc1. The van der Waals surface area contributed by atoms with E-state index in [1.54, 1.807) is 12.1 Å². The van der Waals surface area contributed by atoms with Gasteiger partial charge in [0, 0.05) is 17.7 Å². The lowest BCUT2D eigenvalue weighted by Crippen LogP contribution is -1.97. The maximum atomic E-state index is 10.4. The van der Waals surface area contributed by atoms with Crippen LogP contribution in [0.3, 0.4) is 0 Å². The number of nitrogens with two attached hydrogens (primary N) is 1. The molecule has 0 amide bonds. The van der Waals surface area contributed by atoms with Crippen LogP contribution in [0.4, 0.5) is 5.69 Å². The van der Waals surface area contributed by atoms with Crippen LogP contribution in [0.15, 0.2) is 34.9 Å². The molecule has 0 bridgehead atoms. The number of aliphatic carboxylic acids is 1. The summed E-state index contributed by atoms with van der Waals surface area (Å²) in [4.78, 5) is 14.6. The fourth-order valence-corrected chi connectivity index (χ4v) is 1.42. The molecule has 0 radical (unpaired) electrons. The number of benzene rings is 1. The Labute approximate surface area is 97.9 Å². The van der Waals surface area contributed by atoms with Crippen LogP contribution < -0.4 is 5.73 Å². The summed E-state index contributed by atoms with van der Waals surface area (Å²) in [6.07, 6.45) is 1.90. The van der Waals surface area contributed by atoms with Crippen molar-refractivity contribution in [2.45, 2.75) is 12.8 Å². The van der Waals surface area contributed by atoms with Crippen LogP contribution in [0, 0.1) is 0 Å². The molecule has 2 rings (SSSR count). The van der Waals surface area contributed by atoms with Gasteiger partial charge in [-0.15, -0.1) is 0 Å². The van der Waals surface area contributed by atoms with E-state index in [9.17, 15) is 4.79 Å². The van der Waals surface area contributed by atoms with Gasteiger partial charge < -0.3 is 15.3 Å². The number of rotatable bonds is 4. The Hall–Kier alpha value is -2.30. The first-order chi connectivity index (χ1) is 8.15. The zero-order valence-electron chi connectivity index (χ0n) is 9.09. The van der Waals surface area contributed by atoms with E-state index < -0.39 is 5.97 Å². The first kappa shape index (κ1) is 11.2. The molecule has 0 saturated heterocycles. The normalized spacial score (nSPS) is 10.4. The Morgan fingerprint density at radius 2 is 2.06 bits per heavy atom. The highest BCUT2D eigenvalue weighted by molar-refractivity contribution is 5.67. The van der Waals surface area contributed by atoms with Gasteiger partial charge in [-0.25, -0.2) is 4.98 Å². The summed E-state index contributed by atoms with van der Waals surface area (Å²) in [7, 11) is 0. The summed E-state index contributed by atoms with van der Waals surface area (Å²) >= 11 is 0. The Morgan fingerprint density at radius 1 is 1.35 bits per heavy atom. The molecular weight excluding hydrogens is 220 g/mol. The second-order valence-electron chi connectivity index (χ2n) is 3.66. The van der Waals surface area contributed by atoms with Crippen LogP contribution in [-0.4, -0.2) is 16.1 Å². The van der Waals surface area contributed by atoms with Gasteiger partial charge in [0.05, 0.1) is 12.1 Å². The van der Waals surface area contributed by atoms with Gasteiger partial charge in [0.15, 0.2) is 0 Å².